The van der Waals surface area contributed by atoms with Crippen LogP contribution in [0, 0.1) is 23.2 Å². The van der Waals surface area contributed by atoms with Crippen LogP contribution < -0.4 is 10.6 Å². The molecule has 0 radical (unpaired) electrons. The van der Waals surface area contributed by atoms with Crippen molar-refractivity contribution in [1.82, 2.24) is 10.6 Å². The molecule has 0 bridgehead atoms. The normalized spacial score (nSPS) is 24.9. The van der Waals surface area contributed by atoms with E-state index < -0.39 is 0 Å². The fraction of sp³-hybridized carbons (Fsp3) is 0.929. The Hall–Kier alpha value is -0.570. The van der Waals surface area contributed by atoms with E-state index in [-0.39, 0.29) is 11.3 Å². The largest absolute Gasteiger partial charge is 0.355 e. The van der Waals surface area contributed by atoms with E-state index in [0.29, 0.717) is 17.8 Å². The molecule has 0 aromatic heterocycles. The van der Waals surface area contributed by atoms with E-state index in [1.807, 2.05) is 0 Å². The third kappa shape index (κ3) is 3.70. The minimum Gasteiger partial charge on any atom is -0.355 e. The van der Waals surface area contributed by atoms with Gasteiger partial charge in [-0.15, -0.1) is 0 Å². The number of hydrogen-bond acceptors (Lipinski definition) is 2. The zero-order valence-corrected chi connectivity index (χ0v) is 12.0. The van der Waals surface area contributed by atoms with E-state index in [4.69, 9.17) is 0 Å². The first-order valence-corrected chi connectivity index (χ1v) is 6.86. The van der Waals surface area contributed by atoms with Gasteiger partial charge >= 0.3 is 0 Å². The van der Waals surface area contributed by atoms with Gasteiger partial charge in [0.1, 0.15) is 0 Å². The van der Waals surface area contributed by atoms with Crippen LogP contribution in [0.3, 0.4) is 0 Å². The molecule has 1 unspecified atom stereocenters. The molecule has 1 rings (SSSR count). The van der Waals surface area contributed by atoms with Gasteiger partial charge in [0.25, 0.3) is 0 Å². The van der Waals surface area contributed by atoms with Crippen molar-refractivity contribution in [2.24, 2.45) is 23.2 Å². The summed E-state index contributed by atoms with van der Waals surface area (Å²) in [6.45, 7) is 13.6. The Kier molecular flexibility index (Phi) is 4.99. The fourth-order valence-electron chi connectivity index (χ4n) is 2.68. The minimum absolute atomic E-state index is 0.196. The summed E-state index contributed by atoms with van der Waals surface area (Å²) in [4.78, 5) is 12.2. The number of carbonyl (C=O) groups is 1. The molecule has 1 aliphatic rings. The Morgan fingerprint density at radius 1 is 1.29 bits per heavy atom. The van der Waals surface area contributed by atoms with Crippen LogP contribution in [-0.2, 0) is 4.79 Å². The van der Waals surface area contributed by atoms with Crippen molar-refractivity contribution in [3.05, 3.63) is 0 Å². The monoisotopic (exact) mass is 240 g/mol. The number of carbonyl (C=O) groups excluding carboxylic acids is 1. The van der Waals surface area contributed by atoms with Gasteiger partial charge in [-0.3, -0.25) is 4.79 Å². The topological polar surface area (TPSA) is 41.1 Å². The first-order chi connectivity index (χ1) is 7.87. The predicted octanol–water partition coefficient (Wildman–Crippen LogP) is 2.03. The van der Waals surface area contributed by atoms with E-state index in [2.05, 4.69) is 45.3 Å². The van der Waals surface area contributed by atoms with E-state index in [1.165, 1.54) is 0 Å². The van der Waals surface area contributed by atoms with Crippen molar-refractivity contribution in [3.63, 3.8) is 0 Å². The lowest BCUT2D eigenvalue weighted by Crippen LogP contribution is -2.43. The summed E-state index contributed by atoms with van der Waals surface area (Å²) in [5.41, 5.74) is -0.196. The molecular formula is C14H28N2O. The highest BCUT2D eigenvalue weighted by Crippen LogP contribution is 2.25. The lowest BCUT2D eigenvalue weighted by molar-refractivity contribution is -0.129. The molecule has 17 heavy (non-hydrogen) atoms. The third-order valence-electron chi connectivity index (χ3n) is 4.13. The van der Waals surface area contributed by atoms with Crippen molar-refractivity contribution in [2.45, 2.75) is 41.0 Å². The average molecular weight is 240 g/mol. The quantitative estimate of drug-likeness (QED) is 0.772. The predicted molar refractivity (Wildman–Crippen MR) is 71.8 cm³/mol. The van der Waals surface area contributed by atoms with Gasteiger partial charge in [0.05, 0.1) is 5.41 Å². The van der Waals surface area contributed by atoms with Crippen LogP contribution in [0.2, 0.25) is 0 Å². The summed E-state index contributed by atoms with van der Waals surface area (Å²) in [7, 11) is 0. The second-order valence-corrected chi connectivity index (χ2v) is 6.35. The molecule has 0 saturated carbocycles. The molecule has 1 amide bonds. The van der Waals surface area contributed by atoms with Crippen molar-refractivity contribution >= 4 is 5.91 Å². The molecule has 0 spiro atoms. The van der Waals surface area contributed by atoms with E-state index in [1.54, 1.807) is 0 Å². The van der Waals surface area contributed by atoms with Crippen LogP contribution >= 0.6 is 0 Å². The van der Waals surface area contributed by atoms with E-state index in [0.717, 1.165) is 26.1 Å². The Bertz CT molecular complexity index is 247. The maximum atomic E-state index is 12.2. The molecule has 100 valence electrons. The highest BCUT2D eigenvalue weighted by atomic mass is 16.2. The van der Waals surface area contributed by atoms with Crippen LogP contribution in [0.4, 0.5) is 0 Å². The Balaban J connectivity index is 2.46. The molecule has 0 aromatic rings. The van der Waals surface area contributed by atoms with Crippen LogP contribution in [0.25, 0.3) is 0 Å². The maximum Gasteiger partial charge on any atom is 0.227 e. The number of hydrogen-bond donors (Lipinski definition) is 2. The molecule has 1 heterocycles. The summed E-state index contributed by atoms with van der Waals surface area (Å²) in [6.07, 6.45) is 0.951. The average Bonchev–Trinajstić information content (AvgIpc) is 2.65. The zero-order chi connectivity index (χ0) is 13.1. The van der Waals surface area contributed by atoms with Crippen LogP contribution in [-0.4, -0.2) is 25.5 Å². The van der Waals surface area contributed by atoms with Gasteiger partial charge in [0, 0.05) is 13.1 Å². The van der Waals surface area contributed by atoms with Crippen molar-refractivity contribution in [3.8, 4) is 0 Å². The number of nitrogens with one attached hydrogen (secondary N) is 2. The van der Waals surface area contributed by atoms with Crippen LogP contribution in [0.1, 0.15) is 41.0 Å². The molecular weight excluding hydrogens is 212 g/mol. The summed E-state index contributed by atoms with van der Waals surface area (Å²) >= 11 is 0. The Labute approximate surface area is 106 Å². The Morgan fingerprint density at radius 3 is 2.29 bits per heavy atom. The molecule has 3 heteroatoms. The Morgan fingerprint density at radius 2 is 1.88 bits per heavy atom. The third-order valence-corrected chi connectivity index (χ3v) is 4.13. The molecule has 1 fully saturated rings. The lowest BCUT2D eigenvalue weighted by Gasteiger charge is -2.28. The molecule has 1 aliphatic heterocycles. The summed E-state index contributed by atoms with van der Waals surface area (Å²) in [5.74, 6) is 2.01. The van der Waals surface area contributed by atoms with Crippen LogP contribution in [0.15, 0.2) is 0 Å². The maximum absolute atomic E-state index is 12.2. The smallest absolute Gasteiger partial charge is 0.227 e. The fourth-order valence-corrected chi connectivity index (χ4v) is 2.68. The molecule has 3 nitrogen and oxygen atoms in total. The van der Waals surface area contributed by atoms with Gasteiger partial charge in [-0.25, -0.2) is 0 Å². The van der Waals surface area contributed by atoms with E-state index >= 15 is 0 Å². The van der Waals surface area contributed by atoms with Crippen molar-refractivity contribution in [2.75, 3.05) is 19.6 Å². The molecule has 1 atom stereocenters. The van der Waals surface area contributed by atoms with Crippen molar-refractivity contribution < 1.29 is 4.79 Å². The first-order valence-electron chi connectivity index (χ1n) is 6.86. The number of rotatable bonds is 5. The van der Waals surface area contributed by atoms with E-state index in [9.17, 15) is 4.79 Å². The molecule has 0 aliphatic carbocycles. The zero-order valence-electron chi connectivity index (χ0n) is 12.0. The van der Waals surface area contributed by atoms with Gasteiger partial charge in [0.15, 0.2) is 0 Å². The highest BCUT2D eigenvalue weighted by Gasteiger charge is 2.36. The number of amides is 1. The first kappa shape index (κ1) is 14.5. The second-order valence-electron chi connectivity index (χ2n) is 6.35. The summed E-state index contributed by atoms with van der Waals surface area (Å²) < 4.78 is 0. The molecule has 1 saturated heterocycles. The second kappa shape index (κ2) is 5.85. The van der Waals surface area contributed by atoms with Gasteiger partial charge in [0.2, 0.25) is 5.91 Å². The highest BCUT2D eigenvalue weighted by molar-refractivity contribution is 5.82. The minimum atomic E-state index is -0.196. The summed E-state index contributed by atoms with van der Waals surface area (Å²) in [5, 5.41) is 6.42. The van der Waals surface area contributed by atoms with Gasteiger partial charge in [-0.05, 0) is 37.6 Å². The van der Waals surface area contributed by atoms with Gasteiger partial charge in [-0.2, -0.15) is 0 Å². The lowest BCUT2D eigenvalue weighted by atomic mass is 9.84. The molecule has 0 aromatic carbocycles. The standard InChI is InChI=1S/C14H28N2O/c1-10(2)12(11(3)4)8-16-13(17)14(5)6-7-15-9-14/h10-12,15H,6-9H2,1-5H3,(H,16,17). The van der Waals surface area contributed by atoms with Crippen LogP contribution in [0.5, 0.6) is 0 Å². The van der Waals surface area contributed by atoms with Gasteiger partial charge in [-0.1, -0.05) is 27.7 Å². The van der Waals surface area contributed by atoms with Crippen molar-refractivity contribution in [1.29, 1.82) is 0 Å². The molecule has 2 N–H and O–H groups in total. The SMILES string of the molecule is CC(C)C(CNC(=O)C1(C)CCNC1)C(C)C. The summed E-state index contributed by atoms with van der Waals surface area (Å²) in [6, 6.07) is 0. The van der Waals surface area contributed by atoms with Gasteiger partial charge < -0.3 is 10.6 Å².